The van der Waals surface area contributed by atoms with E-state index in [4.69, 9.17) is 10.2 Å². The summed E-state index contributed by atoms with van der Waals surface area (Å²) in [5.41, 5.74) is 2.07. The van der Waals surface area contributed by atoms with Crippen LogP contribution in [0.5, 0.6) is 0 Å². The molecule has 0 unspecified atom stereocenters. The number of hydrogen-bond acceptors (Lipinski definition) is 4. The third kappa shape index (κ3) is 3.00. The molecule has 3 rings (SSSR count). The van der Waals surface area contributed by atoms with E-state index in [1.807, 2.05) is 0 Å². The number of rotatable bonds is 5. The second kappa shape index (κ2) is 6.33. The van der Waals surface area contributed by atoms with Crippen LogP contribution in [-0.4, -0.2) is 36.9 Å². The van der Waals surface area contributed by atoms with Crippen molar-refractivity contribution in [2.45, 2.75) is 6.04 Å². The highest BCUT2D eigenvalue weighted by Crippen LogP contribution is 2.27. The lowest BCUT2D eigenvalue weighted by Gasteiger charge is -2.19. The van der Waals surface area contributed by atoms with Crippen LogP contribution in [0.3, 0.4) is 0 Å². The smallest absolute Gasteiger partial charge is 0.335 e. The minimum Gasteiger partial charge on any atom is -0.478 e. The van der Waals surface area contributed by atoms with Gasteiger partial charge in [-0.2, -0.15) is 0 Å². The summed E-state index contributed by atoms with van der Waals surface area (Å²) in [6, 6.07) is 12.7. The molecule has 0 bridgehead atoms. The molecule has 3 aromatic rings. The van der Waals surface area contributed by atoms with Crippen molar-refractivity contribution in [3.63, 3.8) is 0 Å². The molecule has 0 aliphatic carbocycles. The number of carboxylic acids is 2. The van der Waals surface area contributed by atoms with Crippen molar-refractivity contribution >= 4 is 11.9 Å². The van der Waals surface area contributed by atoms with Gasteiger partial charge in [-0.05, 0) is 35.4 Å². The van der Waals surface area contributed by atoms with E-state index in [0.29, 0.717) is 0 Å². The Morgan fingerprint density at radius 1 is 0.750 bits per heavy atom. The zero-order chi connectivity index (χ0) is 17.1. The van der Waals surface area contributed by atoms with E-state index in [-0.39, 0.29) is 17.2 Å². The quantitative estimate of drug-likeness (QED) is 0.746. The molecule has 2 aromatic carbocycles. The Hall–Kier alpha value is -3.48. The summed E-state index contributed by atoms with van der Waals surface area (Å²) in [6.07, 6.45) is 3.11. The van der Waals surface area contributed by atoms with Crippen LogP contribution in [0, 0.1) is 0 Å². The summed E-state index contributed by atoms with van der Waals surface area (Å²) in [6.45, 7) is 0. The Morgan fingerprint density at radius 2 is 1.12 bits per heavy atom. The summed E-state index contributed by atoms with van der Waals surface area (Å²) in [7, 11) is 0. The first-order valence-electron chi connectivity index (χ1n) is 7.07. The molecule has 0 fully saturated rings. The first-order chi connectivity index (χ1) is 11.6. The monoisotopic (exact) mass is 323 g/mol. The highest BCUT2D eigenvalue weighted by atomic mass is 16.4. The van der Waals surface area contributed by atoms with Crippen molar-refractivity contribution in [3.8, 4) is 0 Å². The second-order valence-corrected chi connectivity index (χ2v) is 5.17. The van der Waals surface area contributed by atoms with Crippen molar-refractivity contribution in [2.24, 2.45) is 0 Å². The van der Waals surface area contributed by atoms with Gasteiger partial charge >= 0.3 is 11.9 Å². The van der Waals surface area contributed by atoms with Crippen LogP contribution in [-0.2, 0) is 0 Å². The molecule has 2 N–H and O–H groups in total. The number of benzene rings is 2. The third-order valence-electron chi connectivity index (χ3n) is 3.68. The van der Waals surface area contributed by atoms with E-state index >= 15 is 0 Å². The standard InChI is InChI=1S/C17H13N3O4/c21-16(22)13-5-1-11(2-6-13)15(20-9-18-19-10-20)12-3-7-14(8-4-12)17(23)24/h1-10,15H,(H,21,22)(H,23,24). The number of nitrogens with zero attached hydrogens (tertiary/aromatic N) is 3. The maximum atomic E-state index is 11.0. The predicted molar refractivity (Wildman–Crippen MR) is 84.1 cm³/mol. The second-order valence-electron chi connectivity index (χ2n) is 5.17. The lowest BCUT2D eigenvalue weighted by atomic mass is 9.96. The lowest BCUT2D eigenvalue weighted by Crippen LogP contribution is -2.11. The van der Waals surface area contributed by atoms with E-state index in [2.05, 4.69) is 10.2 Å². The minimum atomic E-state index is -0.992. The van der Waals surface area contributed by atoms with Crippen molar-refractivity contribution in [1.29, 1.82) is 0 Å². The molecule has 7 nitrogen and oxygen atoms in total. The molecular formula is C17H13N3O4. The highest BCUT2D eigenvalue weighted by Gasteiger charge is 2.17. The van der Waals surface area contributed by atoms with Crippen LogP contribution in [0.2, 0.25) is 0 Å². The molecule has 1 aromatic heterocycles. The van der Waals surface area contributed by atoms with Crippen molar-refractivity contribution < 1.29 is 19.8 Å². The van der Waals surface area contributed by atoms with Crippen LogP contribution in [0.25, 0.3) is 0 Å². The Balaban J connectivity index is 2.04. The van der Waals surface area contributed by atoms with E-state index in [0.717, 1.165) is 11.1 Å². The van der Waals surface area contributed by atoms with Gasteiger partial charge in [0.1, 0.15) is 12.7 Å². The van der Waals surface area contributed by atoms with E-state index in [9.17, 15) is 9.59 Å². The number of aromatic nitrogens is 3. The van der Waals surface area contributed by atoms with Crippen LogP contribution in [0.1, 0.15) is 37.9 Å². The van der Waals surface area contributed by atoms with Gasteiger partial charge in [-0.25, -0.2) is 9.59 Å². The maximum Gasteiger partial charge on any atom is 0.335 e. The van der Waals surface area contributed by atoms with Gasteiger partial charge in [-0.3, -0.25) is 0 Å². The molecule has 0 aliphatic heterocycles. The molecular weight excluding hydrogens is 310 g/mol. The van der Waals surface area contributed by atoms with Crippen molar-refractivity contribution in [2.75, 3.05) is 0 Å². The fourth-order valence-corrected chi connectivity index (χ4v) is 2.49. The largest absolute Gasteiger partial charge is 0.478 e. The molecule has 0 atom stereocenters. The number of carbonyl (C=O) groups is 2. The molecule has 120 valence electrons. The molecule has 0 radical (unpaired) electrons. The average molecular weight is 323 g/mol. The van der Waals surface area contributed by atoms with Crippen LogP contribution in [0.4, 0.5) is 0 Å². The van der Waals surface area contributed by atoms with E-state index in [1.165, 1.54) is 24.3 Å². The van der Waals surface area contributed by atoms with Gasteiger partial charge in [0.05, 0.1) is 17.2 Å². The van der Waals surface area contributed by atoms with Gasteiger partial charge in [0, 0.05) is 0 Å². The molecule has 0 aliphatic rings. The number of hydrogen-bond donors (Lipinski definition) is 2. The van der Waals surface area contributed by atoms with Gasteiger partial charge in [-0.1, -0.05) is 24.3 Å². The topological polar surface area (TPSA) is 105 Å². The van der Waals surface area contributed by atoms with Crippen molar-refractivity contribution in [3.05, 3.63) is 83.4 Å². The summed E-state index contributed by atoms with van der Waals surface area (Å²) in [5, 5.41) is 25.7. The Bertz CT molecular complexity index is 798. The SMILES string of the molecule is O=C(O)c1ccc(C(c2ccc(C(=O)O)cc2)n2cnnc2)cc1. The van der Waals surface area contributed by atoms with Gasteiger partial charge in [-0.15, -0.1) is 10.2 Å². The molecule has 7 heteroatoms. The van der Waals surface area contributed by atoms with Crippen LogP contribution in [0.15, 0.2) is 61.2 Å². The normalized spacial score (nSPS) is 10.7. The first-order valence-corrected chi connectivity index (χ1v) is 7.07. The van der Waals surface area contributed by atoms with Gasteiger partial charge in [0.15, 0.2) is 0 Å². The number of carboxylic acid groups (broad SMARTS) is 2. The zero-order valence-corrected chi connectivity index (χ0v) is 12.4. The zero-order valence-electron chi connectivity index (χ0n) is 12.4. The molecule has 1 heterocycles. The lowest BCUT2D eigenvalue weighted by molar-refractivity contribution is 0.0686. The summed E-state index contributed by atoms with van der Waals surface area (Å²) in [4.78, 5) is 22.0. The molecule has 0 saturated carbocycles. The average Bonchev–Trinajstić information content (AvgIpc) is 3.10. The van der Waals surface area contributed by atoms with Gasteiger partial charge in [0.25, 0.3) is 0 Å². The molecule has 24 heavy (non-hydrogen) atoms. The van der Waals surface area contributed by atoms with E-state index < -0.39 is 11.9 Å². The van der Waals surface area contributed by atoms with Crippen molar-refractivity contribution in [1.82, 2.24) is 14.8 Å². The highest BCUT2D eigenvalue weighted by molar-refractivity contribution is 5.88. The Morgan fingerprint density at radius 3 is 1.46 bits per heavy atom. The van der Waals surface area contributed by atoms with E-state index in [1.54, 1.807) is 41.5 Å². The predicted octanol–water partition coefficient (Wildman–Crippen LogP) is 2.31. The summed E-state index contributed by atoms with van der Waals surface area (Å²) < 4.78 is 1.77. The molecule has 0 saturated heterocycles. The fraction of sp³-hybridized carbons (Fsp3) is 0.0588. The summed E-state index contributed by atoms with van der Waals surface area (Å²) in [5.74, 6) is -1.98. The van der Waals surface area contributed by atoms with Crippen LogP contribution >= 0.6 is 0 Å². The first kappa shape index (κ1) is 15.4. The Kier molecular flexibility index (Phi) is 4.07. The number of aromatic carboxylic acids is 2. The minimum absolute atomic E-state index is 0.197. The molecule has 0 spiro atoms. The fourth-order valence-electron chi connectivity index (χ4n) is 2.49. The maximum absolute atomic E-state index is 11.0. The summed E-state index contributed by atoms with van der Waals surface area (Å²) >= 11 is 0. The van der Waals surface area contributed by atoms with Gasteiger partial charge < -0.3 is 14.8 Å². The van der Waals surface area contributed by atoms with Gasteiger partial charge in [0.2, 0.25) is 0 Å². The third-order valence-corrected chi connectivity index (χ3v) is 3.68. The molecule has 0 amide bonds. The Labute approximate surface area is 136 Å². The van der Waals surface area contributed by atoms with Crippen LogP contribution < -0.4 is 0 Å².